The van der Waals surface area contributed by atoms with Crippen molar-refractivity contribution < 1.29 is 4.74 Å². The molecule has 2 rings (SSSR count). The molecule has 0 amide bonds. The molecule has 0 aliphatic carbocycles. The molecule has 0 aromatic carbocycles. The summed E-state index contributed by atoms with van der Waals surface area (Å²) in [5.41, 5.74) is 7.29. The lowest BCUT2D eigenvalue weighted by molar-refractivity contribution is 0.459. The summed E-state index contributed by atoms with van der Waals surface area (Å²) >= 11 is 5.91. The Bertz CT molecular complexity index is 514. The number of hydrogen-bond acceptors (Lipinski definition) is 4. The largest absolute Gasteiger partial charge is 0.437 e. The second-order valence-electron chi connectivity index (χ2n) is 3.56. The Balaban J connectivity index is 2.21. The number of ether oxygens (including phenoxy) is 1. The molecule has 0 aliphatic rings. The molecule has 0 saturated heterocycles. The zero-order valence-corrected chi connectivity index (χ0v) is 10.1. The van der Waals surface area contributed by atoms with Crippen molar-refractivity contribution in [3.8, 4) is 11.6 Å². The maximum atomic E-state index is 5.91. The second kappa shape index (κ2) is 5.12. The summed E-state index contributed by atoms with van der Waals surface area (Å²) in [6, 6.07) is 5.43. The first kappa shape index (κ1) is 11.8. The van der Waals surface area contributed by atoms with Gasteiger partial charge in [0.05, 0.1) is 11.2 Å². The van der Waals surface area contributed by atoms with E-state index in [1.54, 1.807) is 12.3 Å². The normalized spacial score (nSPS) is 10.3. The molecule has 2 aromatic rings. The summed E-state index contributed by atoms with van der Waals surface area (Å²) in [5.74, 6) is 1.09. The molecule has 0 saturated carbocycles. The van der Waals surface area contributed by atoms with Crippen molar-refractivity contribution in [3.63, 3.8) is 0 Å². The number of rotatable bonds is 3. The average Bonchev–Trinajstić information content (AvgIpc) is 2.34. The number of nitrogens with zero attached hydrogens (tertiary/aromatic N) is 2. The molecule has 2 aromatic heterocycles. The van der Waals surface area contributed by atoms with Crippen molar-refractivity contribution in [2.75, 3.05) is 0 Å². The summed E-state index contributed by atoms with van der Waals surface area (Å²) < 4.78 is 5.54. The minimum absolute atomic E-state index is 0.351. The summed E-state index contributed by atoms with van der Waals surface area (Å²) in [5, 5.41) is 0.543. The van der Waals surface area contributed by atoms with Crippen LogP contribution >= 0.6 is 11.6 Å². The molecular weight excluding hydrogens is 238 g/mol. The highest BCUT2D eigenvalue weighted by atomic mass is 35.5. The van der Waals surface area contributed by atoms with Gasteiger partial charge in [-0.1, -0.05) is 11.6 Å². The maximum absolute atomic E-state index is 5.91. The summed E-state index contributed by atoms with van der Waals surface area (Å²) in [4.78, 5) is 8.20. The molecule has 2 N–H and O–H groups in total. The van der Waals surface area contributed by atoms with Crippen molar-refractivity contribution in [3.05, 3.63) is 46.9 Å². The van der Waals surface area contributed by atoms with Crippen LogP contribution in [-0.4, -0.2) is 9.97 Å². The molecule has 2 heterocycles. The average molecular weight is 250 g/mol. The van der Waals surface area contributed by atoms with Crippen LogP contribution in [0.2, 0.25) is 5.02 Å². The van der Waals surface area contributed by atoms with E-state index < -0.39 is 0 Å². The molecule has 0 bridgehead atoms. The first-order valence-electron chi connectivity index (χ1n) is 5.14. The van der Waals surface area contributed by atoms with Crippen molar-refractivity contribution in [1.29, 1.82) is 0 Å². The number of aromatic nitrogens is 2. The summed E-state index contributed by atoms with van der Waals surface area (Å²) in [7, 11) is 0. The smallest absolute Gasteiger partial charge is 0.219 e. The molecule has 0 unspecified atom stereocenters. The quantitative estimate of drug-likeness (QED) is 0.909. The van der Waals surface area contributed by atoms with E-state index in [-0.39, 0.29) is 0 Å². The van der Waals surface area contributed by atoms with Crippen LogP contribution in [-0.2, 0) is 6.54 Å². The third kappa shape index (κ3) is 2.93. The number of halogens is 1. The predicted molar refractivity (Wildman–Crippen MR) is 66.2 cm³/mol. The van der Waals surface area contributed by atoms with Crippen LogP contribution in [0.3, 0.4) is 0 Å². The first-order valence-corrected chi connectivity index (χ1v) is 5.52. The van der Waals surface area contributed by atoms with Crippen molar-refractivity contribution in [2.24, 2.45) is 5.73 Å². The molecule has 0 fully saturated rings. The van der Waals surface area contributed by atoms with E-state index >= 15 is 0 Å². The number of hydrogen-bond donors (Lipinski definition) is 1. The Morgan fingerprint density at radius 3 is 2.76 bits per heavy atom. The highest BCUT2D eigenvalue weighted by molar-refractivity contribution is 6.31. The number of pyridine rings is 2. The molecule has 5 heteroatoms. The van der Waals surface area contributed by atoms with Crippen molar-refractivity contribution in [2.45, 2.75) is 13.5 Å². The van der Waals surface area contributed by atoms with E-state index in [0.717, 1.165) is 11.3 Å². The third-order valence-electron chi connectivity index (χ3n) is 2.24. The van der Waals surface area contributed by atoms with E-state index in [1.165, 1.54) is 6.20 Å². The summed E-state index contributed by atoms with van der Waals surface area (Å²) in [6.07, 6.45) is 3.18. The van der Waals surface area contributed by atoms with E-state index in [4.69, 9.17) is 22.1 Å². The van der Waals surface area contributed by atoms with Gasteiger partial charge in [0.2, 0.25) is 5.88 Å². The predicted octanol–water partition coefficient (Wildman–Crippen LogP) is 2.69. The molecule has 0 atom stereocenters. The van der Waals surface area contributed by atoms with Gasteiger partial charge >= 0.3 is 0 Å². The van der Waals surface area contributed by atoms with Gasteiger partial charge in [-0.2, -0.15) is 0 Å². The molecular formula is C12H12ClN3O. The van der Waals surface area contributed by atoms with E-state index in [0.29, 0.717) is 23.2 Å². The lowest BCUT2D eigenvalue weighted by Crippen LogP contribution is -1.99. The molecule has 0 spiro atoms. The van der Waals surface area contributed by atoms with Crippen LogP contribution in [0.15, 0.2) is 30.6 Å². The van der Waals surface area contributed by atoms with Gasteiger partial charge in [-0.05, 0) is 24.6 Å². The molecule has 0 aliphatic heterocycles. The minimum Gasteiger partial charge on any atom is -0.437 e. The maximum Gasteiger partial charge on any atom is 0.219 e. The highest BCUT2D eigenvalue weighted by Gasteiger charge is 2.04. The van der Waals surface area contributed by atoms with Gasteiger partial charge in [-0.15, -0.1) is 0 Å². The zero-order chi connectivity index (χ0) is 12.3. The lowest BCUT2D eigenvalue weighted by Gasteiger charge is -2.06. The Kier molecular flexibility index (Phi) is 3.56. The molecule has 88 valence electrons. The molecule has 0 radical (unpaired) electrons. The Labute approximate surface area is 104 Å². The van der Waals surface area contributed by atoms with Gasteiger partial charge < -0.3 is 10.5 Å². The van der Waals surface area contributed by atoms with E-state index in [9.17, 15) is 0 Å². The van der Waals surface area contributed by atoms with Gasteiger partial charge in [-0.25, -0.2) is 4.98 Å². The summed E-state index contributed by atoms with van der Waals surface area (Å²) in [6.45, 7) is 2.26. The van der Waals surface area contributed by atoms with Gasteiger partial charge in [0.15, 0.2) is 0 Å². The van der Waals surface area contributed by atoms with Crippen LogP contribution in [0.1, 0.15) is 11.3 Å². The third-order valence-corrected chi connectivity index (χ3v) is 2.58. The van der Waals surface area contributed by atoms with Crippen LogP contribution in [0.5, 0.6) is 11.6 Å². The number of aryl methyl sites for hydroxylation is 1. The van der Waals surface area contributed by atoms with E-state index in [1.807, 2.05) is 19.1 Å². The standard InChI is InChI=1S/C12H12ClN3O/c1-8-2-3-10(6-15-8)17-12-4-9(5-14)11(13)7-16-12/h2-4,6-7H,5,14H2,1H3. The fraction of sp³-hybridized carbons (Fsp3) is 0.167. The first-order chi connectivity index (χ1) is 8.19. The monoisotopic (exact) mass is 249 g/mol. The molecule has 4 nitrogen and oxygen atoms in total. The molecule has 17 heavy (non-hydrogen) atoms. The zero-order valence-electron chi connectivity index (χ0n) is 9.35. The van der Waals surface area contributed by atoms with Crippen molar-refractivity contribution >= 4 is 11.6 Å². The fourth-order valence-corrected chi connectivity index (χ4v) is 1.49. The Morgan fingerprint density at radius 1 is 1.29 bits per heavy atom. The van der Waals surface area contributed by atoms with E-state index in [2.05, 4.69) is 9.97 Å². The van der Waals surface area contributed by atoms with Crippen LogP contribution in [0.25, 0.3) is 0 Å². The fourth-order valence-electron chi connectivity index (χ4n) is 1.31. The lowest BCUT2D eigenvalue weighted by atomic mass is 10.3. The van der Waals surface area contributed by atoms with Crippen LogP contribution in [0, 0.1) is 6.92 Å². The Morgan fingerprint density at radius 2 is 2.12 bits per heavy atom. The van der Waals surface area contributed by atoms with Gasteiger partial charge in [0.25, 0.3) is 0 Å². The SMILES string of the molecule is Cc1ccc(Oc2cc(CN)c(Cl)cn2)cn1. The topological polar surface area (TPSA) is 61.0 Å². The van der Waals surface area contributed by atoms with Gasteiger partial charge in [-0.3, -0.25) is 4.98 Å². The van der Waals surface area contributed by atoms with Crippen molar-refractivity contribution in [1.82, 2.24) is 9.97 Å². The number of nitrogens with two attached hydrogens (primary N) is 1. The van der Waals surface area contributed by atoms with Crippen LogP contribution < -0.4 is 10.5 Å². The highest BCUT2D eigenvalue weighted by Crippen LogP contribution is 2.23. The van der Waals surface area contributed by atoms with Crippen LogP contribution in [0.4, 0.5) is 0 Å². The van der Waals surface area contributed by atoms with Gasteiger partial charge in [0.1, 0.15) is 5.75 Å². The second-order valence-corrected chi connectivity index (χ2v) is 3.96. The Hall–Kier alpha value is -1.65. The van der Waals surface area contributed by atoms with Gasteiger partial charge in [0, 0.05) is 24.5 Å². The minimum atomic E-state index is 0.351.